The standard InChI is InChI=1S/C15H19BrN4/c1-20-10-15(18-19-20)8-12(9-17-14-5-6-14)11-3-2-4-13(16)7-11/h2-4,7,10,12,14,17H,5-6,8-9H2,1H3. The highest BCUT2D eigenvalue weighted by Crippen LogP contribution is 2.25. The Morgan fingerprint density at radius 1 is 1.45 bits per heavy atom. The van der Waals surface area contributed by atoms with Gasteiger partial charge in [0.2, 0.25) is 0 Å². The molecule has 1 unspecified atom stereocenters. The topological polar surface area (TPSA) is 42.7 Å². The van der Waals surface area contributed by atoms with Crippen molar-refractivity contribution >= 4 is 15.9 Å². The predicted octanol–water partition coefficient (Wildman–Crippen LogP) is 2.66. The fraction of sp³-hybridized carbons (Fsp3) is 0.467. The van der Waals surface area contributed by atoms with Crippen molar-refractivity contribution in [3.63, 3.8) is 0 Å². The van der Waals surface area contributed by atoms with E-state index in [1.54, 1.807) is 4.68 Å². The van der Waals surface area contributed by atoms with E-state index < -0.39 is 0 Å². The average Bonchev–Trinajstić information content (AvgIpc) is 3.17. The molecule has 5 heteroatoms. The summed E-state index contributed by atoms with van der Waals surface area (Å²) in [5.41, 5.74) is 2.40. The summed E-state index contributed by atoms with van der Waals surface area (Å²) in [6.07, 6.45) is 5.55. The minimum absolute atomic E-state index is 0.435. The van der Waals surface area contributed by atoms with E-state index in [2.05, 4.69) is 55.8 Å². The fourth-order valence-corrected chi connectivity index (χ4v) is 2.82. The van der Waals surface area contributed by atoms with Gasteiger partial charge in [-0.2, -0.15) is 0 Å². The summed E-state index contributed by atoms with van der Waals surface area (Å²) in [5, 5.41) is 11.9. The molecule has 1 atom stereocenters. The molecule has 20 heavy (non-hydrogen) atoms. The van der Waals surface area contributed by atoms with E-state index in [1.165, 1.54) is 18.4 Å². The molecular formula is C15H19BrN4. The van der Waals surface area contributed by atoms with Crippen LogP contribution < -0.4 is 5.32 Å². The van der Waals surface area contributed by atoms with Crippen molar-refractivity contribution in [1.29, 1.82) is 0 Å². The Morgan fingerprint density at radius 2 is 2.30 bits per heavy atom. The molecule has 1 aliphatic rings. The number of hydrogen-bond donors (Lipinski definition) is 1. The van der Waals surface area contributed by atoms with E-state index in [0.717, 1.165) is 29.2 Å². The van der Waals surface area contributed by atoms with Crippen LogP contribution >= 0.6 is 15.9 Å². The van der Waals surface area contributed by atoms with Gasteiger partial charge in [-0.25, -0.2) is 0 Å². The van der Waals surface area contributed by atoms with Crippen LogP contribution in [0.2, 0.25) is 0 Å². The number of halogens is 1. The monoisotopic (exact) mass is 334 g/mol. The summed E-state index contributed by atoms with van der Waals surface area (Å²) in [4.78, 5) is 0. The lowest BCUT2D eigenvalue weighted by Crippen LogP contribution is -2.25. The zero-order valence-electron chi connectivity index (χ0n) is 11.6. The maximum atomic E-state index is 4.22. The molecule has 1 saturated carbocycles. The highest BCUT2D eigenvalue weighted by Gasteiger charge is 2.23. The second-order valence-electron chi connectivity index (χ2n) is 5.52. The molecule has 3 rings (SSSR count). The van der Waals surface area contributed by atoms with Crippen LogP contribution in [0.5, 0.6) is 0 Å². The van der Waals surface area contributed by atoms with E-state index in [9.17, 15) is 0 Å². The lowest BCUT2D eigenvalue weighted by molar-refractivity contribution is 0.571. The summed E-state index contributed by atoms with van der Waals surface area (Å²) in [5.74, 6) is 0.435. The van der Waals surface area contributed by atoms with E-state index in [-0.39, 0.29) is 0 Å². The molecule has 4 nitrogen and oxygen atoms in total. The minimum Gasteiger partial charge on any atom is -0.313 e. The van der Waals surface area contributed by atoms with Gasteiger partial charge in [0, 0.05) is 42.6 Å². The minimum atomic E-state index is 0.435. The van der Waals surface area contributed by atoms with Crippen molar-refractivity contribution in [1.82, 2.24) is 20.3 Å². The first-order chi connectivity index (χ1) is 9.70. The highest BCUT2D eigenvalue weighted by atomic mass is 79.9. The van der Waals surface area contributed by atoms with Gasteiger partial charge in [-0.1, -0.05) is 33.3 Å². The molecular weight excluding hydrogens is 316 g/mol. The van der Waals surface area contributed by atoms with Crippen molar-refractivity contribution in [2.75, 3.05) is 6.54 Å². The van der Waals surface area contributed by atoms with Crippen LogP contribution in [0.4, 0.5) is 0 Å². The van der Waals surface area contributed by atoms with Gasteiger partial charge in [-0.3, -0.25) is 4.68 Å². The van der Waals surface area contributed by atoms with E-state index in [0.29, 0.717) is 5.92 Å². The van der Waals surface area contributed by atoms with Gasteiger partial charge in [0.25, 0.3) is 0 Å². The highest BCUT2D eigenvalue weighted by molar-refractivity contribution is 9.10. The zero-order chi connectivity index (χ0) is 13.9. The number of nitrogens with zero attached hydrogens (tertiary/aromatic N) is 3. The van der Waals surface area contributed by atoms with Crippen LogP contribution in [-0.2, 0) is 13.5 Å². The second kappa shape index (κ2) is 6.06. The number of nitrogens with one attached hydrogen (secondary N) is 1. The molecule has 2 aromatic rings. The summed E-state index contributed by atoms with van der Waals surface area (Å²) in [7, 11) is 1.91. The maximum absolute atomic E-state index is 4.22. The van der Waals surface area contributed by atoms with Gasteiger partial charge < -0.3 is 5.32 Å². The molecule has 1 N–H and O–H groups in total. The maximum Gasteiger partial charge on any atom is 0.0833 e. The Morgan fingerprint density at radius 3 is 2.95 bits per heavy atom. The third-order valence-corrected chi connectivity index (χ3v) is 4.15. The molecule has 0 bridgehead atoms. The molecule has 1 aromatic carbocycles. The predicted molar refractivity (Wildman–Crippen MR) is 82.6 cm³/mol. The summed E-state index contributed by atoms with van der Waals surface area (Å²) >= 11 is 3.56. The van der Waals surface area contributed by atoms with Gasteiger partial charge in [0.1, 0.15) is 0 Å². The number of benzene rings is 1. The summed E-state index contributed by atoms with van der Waals surface area (Å²) in [6, 6.07) is 9.29. The number of aromatic nitrogens is 3. The SMILES string of the molecule is Cn1cc(CC(CNC2CC2)c2cccc(Br)c2)nn1. The first-order valence-corrected chi connectivity index (χ1v) is 7.84. The second-order valence-corrected chi connectivity index (χ2v) is 6.44. The van der Waals surface area contributed by atoms with Gasteiger partial charge in [-0.05, 0) is 30.5 Å². The van der Waals surface area contributed by atoms with Crippen LogP contribution in [-0.4, -0.2) is 27.6 Å². The molecule has 106 valence electrons. The molecule has 0 radical (unpaired) electrons. The third-order valence-electron chi connectivity index (χ3n) is 3.66. The first-order valence-electron chi connectivity index (χ1n) is 7.05. The van der Waals surface area contributed by atoms with Crippen molar-refractivity contribution in [3.8, 4) is 0 Å². The van der Waals surface area contributed by atoms with E-state index in [4.69, 9.17) is 0 Å². The van der Waals surface area contributed by atoms with Gasteiger partial charge >= 0.3 is 0 Å². The number of rotatable bonds is 6. The van der Waals surface area contributed by atoms with Crippen LogP contribution in [0.25, 0.3) is 0 Å². The van der Waals surface area contributed by atoms with Gasteiger partial charge in [0.05, 0.1) is 5.69 Å². The van der Waals surface area contributed by atoms with Crippen molar-refractivity contribution in [2.45, 2.75) is 31.2 Å². The molecule has 0 amide bonds. The average molecular weight is 335 g/mol. The van der Waals surface area contributed by atoms with Gasteiger partial charge in [0.15, 0.2) is 0 Å². The molecule has 0 spiro atoms. The van der Waals surface area contributed by atoms with E-state index in [1.807, 2.05) is 13.2 Å². The van der Waals surface area contributed by atoms with Crippen molar-refractivity contribution in [3.05, 3.63) is 46.2 Å². The van der Waals surface area contributed by atoms with E-state index >= 15 is 0 Å². The largest absolute Gasteiger partial charge is 0.313 e. The first kappa shape index (κ1) is 13.8. The summed E-state index contributed by atoms with van der Waals surface area (Å²) < 4.78 is 2.90. The zero-order valence-corrected chi connectivity index (χ0v) is 13.2. The smallest absolute Gasteiger partial charge is 0.0833 e. The van der Waals surface area contributed by atoms with Crippen LogP contribution in [0, 0.1) is 0 Å². The molecule has 1 aliphatic carbocycles. The normalized spacial score (nSPS) is 16.3. The van der Waals surface area contributed by atoms with Crippen molar-refractivity contribution in [2.24, 2.45) is 7.05 Å². The van der Waals surface area contributed by atoms with Crippen LogP contribution in [0.1, 0.15) is 30.0 Å². The van der Waals surface area contributed by atoms with Gasteiger partial charge in [-0.15, -0.1) is 5.10 Å². The summed E-state index contributed by atoms with van der Waals surface area (Å²) in [6.45, 7) is 0.998. The molecule has 0 aliphatic heterocycles. The Bertz CT molecular complexity index is 577. The van der Waals surface area contributed by atoms with Crippen LogP contribution in [0.15, 0.2) is 34.9 Å². The Labute approximate surface area is 127 Å². The third kappa shape index (κ3) is 3.67. The Hall–Kier alpha value is -1.20. The lowest BCUT2D eigenvalue weighted by atomic mass is 9.94. The van der Waals surface area contributed by atoms with Crippen LogP contribution in [0.3, 0.4) is 0 Å². The molecule has 1 aromatic heterocycles. The van der Waals surface area contributed by atoms with Crippen molar-refractivity contribution < 1.29 is 0 Å². The number of hydrogen-bond acceptors (Lipinski definition) is 3. The lowest BCUT2D eigenvalue weighted by Gasteiger charge is -2.17. The Balaban J connectivity index is 1.74. The molecule has 0 saturated heterocycles. The quantitative estimate of drug-likeness (QED) is 0.883. The molecule has 1 fully saturated rings. The molecule has 1 heterocycles. The number of aryl methyl sites for hydroxylation is 1. The Kier molecular flexibility index (Phi) is 4.17. The fourth-order valence-electron chi connectivity index (χ4n) is 2.41.